The van der Waals surface area contributed by atoms with Gasteiger partial charge in [-0.3, -0.25) is 8.93 Å². The molecule has 4 rings (SSSR count). The Bertz CT molecular complexity index is 1430. The minimum Gasteiger partial charge on any atom is -0.478 e. The minimum absolute atomic E-state index is 0.00581. The number of rotatable bonds is 7. The quantitative estimate of drug-likeness (QED) is 0.412. The monoisotopic (exact) mass is 473 g/mol. The zero-order chi connectivity index (χ0) is 22.9. The van der Waals surface area contributed by atoms with Crippen LogP contribution in [0, 0.1) is 5.82 Å². The lowest BCUT2D eigenvalue weighted by molar-refractivity contribution is 0.0696. The second-order valence-corrected chi connectivity index (χ2v) is 9.83. The SMILES string of the molecule is O=C(O)c1ccccc1CS(=O)c1ccc(F)cc1NS(=O)(=O)c1cc2ccccc2o1. The summed E-state index contributed by atoms with van der Waals surface area (Å²) in [5.41, 5.74) is 0.416. The first-order valence-electron chi connectivity index (χ1n) is 9.25. The van der Waals surface area contributed by atoms with Crippen LogP contribution in [-0.4, -0.2) is 23.7 Å². The Labute approximate surface area is 185 Å². The minimum atomic E-state index is -4.25. The van der Waals surface area contributed by atoms with Gasteiger partial charge in [-0.15, -0.1) is 0 Å². The van der Waals surface area contributed by atoms with Crippen molar-refractivity contribution in [3.05, 3.63) is 89.7 Å². The number of nitrogens with one attached hydrogen (secondary N) is 1. The average Bonchev–Trinajstić information content (AvgIpc) is 3.19. The number of sulfonamides is 1. The molecule has 0 aliphatic rings. The number of hydrogen-bond acceptors (Lipinski definition) is 5. The van der Waals surface area contributed by atoms with Crippen molar-refractivity contribution in [2.24, 2.45) is 0 Å². The Kier molecular flexibility index (Phi) is 5.81. The van der Waals surface area contributed by atoms with E-state index in [1.165, 1.54) is 24.3 Å². The molecule has 32 heavy (non-hydrogen) atoms. The number of aromatic carboxylic acids is 1. The summed E-state index contributed by atoms with van der Waals surface area (Å²) in [4.78, 5) is 11.4. The molecule has 0 aliphatic carbocycles. The summed E-state index contributed by atoms with van der Waals surface area (Å²) < 4.78 is 60.3. The molecule has 2 N–H and O–H groups in total. The molecule has 1 aromatic heterocycles. The maximum Gasteiger partial charge on any atom is 0.335 e. The third kappa shape index (κ3) is 4.41. The van der Waals surface area contributed by atoms with Crippen LogP contribution in [0.25, 0.3) is 11.0 Å². The number of hydrogen-bond donors (Lipinski definition) is 2. The third-order valence-electron chi connectivity index (χ3n) is 4.63. The molecule has 0 saturated heterocycles. The van der Waals surface area contributed by atoms with Gasteiger partial charge in [-0.1, -0.05) is 36.4 Å². The van der Waals surface area contributed by atoms with E-state index in [9.17, 15) is 26.9 Å². The van der Waals surface area contributed by atoms with Crippen molar-refractivity contribution in [3.63, 3.8) is 0 Å². The molecule has 0 amide bonds. The Morgan fingerprint density at radius 3 is 2.50 bits per heavy atom. The van der Waals surface area contributed by atoms with Crippen molar-refractivity contribution in [2.45, 2.75) is 15.7 Å². The summed E-state index contributed by atoms with van der Waals surface area (Å²) >= 11 is 0. The van der Waals surface area contributed by atoms with Gasteiger partial charge in [0.25, 0.3) is 10.0 Å². The first-order valence-corrected chi connectivity index (χ1v) is 12.1. The zero-order valence-electron chi connectivity index (χ0n) is 16.3. The highest BCUT2D eigenvalue weighted by Gasteiger charge is 2.23. The molecule has 0 saturated carbocycles. The first-order chi connectivity index (χ1) is 15.2. The fraction of sp³-hybridized carbons (Fsp3) is 0.0455. The van der Waals surface area contributed by atoms with Gasteiger partial charge in [0.2, 0.25) is 5.09 Å². The summed E-state index contributed by atoms with van der Waals surface area (Å²) in [6.07, 6.45) is 0. The lowest BCUT2D eigenvalue weighted by atomic mass is 10.1. The number of anilines is 1. The number of carbonyl (C=O) groups is 1. The van der Waals surface area contributed by atoms with Gasteiger partial charge in [0.1, 0.15) is 11.4 Å². The largest absolute Gasteiger partial charge is 0.478 e. The van der Waals surface area contributed by atoms with Gasteiger partial charge in [-0.2, -0.15) is 8.42 Å². The number of benzene rings is 3. The summed E-state index contributed by atoms with van der Waals surface area (Å²) in [5, 5.41) is 9.52. The first kappa shape index (κ1) is 21.7. The Hall–Kier alpha value is -3.50. The molecule has 4 aromatic rings. The van der Waals surface area contributed by atoms with Gasteiger partial charge in [-0.25, -0.2) is 9.18 Å². The molecular weight excluding hydrogens is 457 g/mol. The van der Waals surface area contributed by atoms with Crippen LogP contribution in [-0.2, 0) is 26.6 Å². The number of para-hydroxylation sites is 1. The second-order valence-electron chi connectivity index (χ2n) is 6.80. The Balaban J connectivity index is 1.68. The molecule has 1 atom stereocenters. The number of furan rings is 1. The fourth-order valence-electron chi connectivity index (χ4n) is 3.14. The number of halogens is 1. The van der Waals surface area contributed by atoms with E-state index in [1.54, 1.807) is 36.4 Å². The van der Waals surface area contributed by atoms with Crippen molar-refractivity contribution in [1.82, 2.24) is 0 Å². The third-order valence-corrected chi connectivity index (χ3v) is 7.27. The van der Waals surface area contributed by atoms with Crippen LogP contribution < -0.4 is 4.72 Å². The molecule has 10 heteroatoms. The highest BCUT2D eigenvalue weighted by molar-refractivity contribution is 7.92. The second kappa shape index (κ2) is 8.56. The van der Waals surface area contributed by atoms with E-state index < -0.39 is 32.6 Å². The van der Waals surface area contributed by atoms with Crippen molar-refractivity contribution < 1.29 is 31.3 Å². The predicted octanol–water partition coefficient (Wildman–Crippen LogP) is 4.38. The maximum atomic E-state index is 13.9. The lowest BCUT2D eigenvalue weighted by Crippen LogP contribution is -2.15. The van der Waals surface area contributed by atoms with E-state index >= 15 is 0 Å². The van der Waals surface area contributed by atoms with E-state index in [0.717, 1.165) is 12.1 Å². The van der Waals surface area contributed by atoms with Gasteiger partial charge >= 0.3 is 5.97 Å². The molecule has 7 nitrogen and oxygen atoms in total. The summed E-state index contributed by atoms with van der Waals surface area (Å²) in [5.74, 6) is -2.12. The van der Waals surface area contributed by atoms with Crippen LogP contribution in [0.1, 0.15) is 15.9 Å². The van der Waals surface area contributed by atoms with Gasteiger partial charge in [0, 0.05) is 11.5 Å². The zero-order valence-corrected chi connectivity index (χ0v) is 18.0. The van der Waals surface area contributed by atoms with Crippen molar-refractivity contribution >= 4 is 43.4 Å². The molecule has 164 valence electrons. The summed E-state index contributed by atoms with van der Waals surface area (Å²) in [6.45, 7) is 0. The summed E-state index contributed by atoms with van der Waals surface area (Å²) in [6, 6.07) is 17.2. The molecule has 0 aliphatic heterocycles. The van der Waals surface area contributed by atoms with Crippen LogP contribution in [0.4, 0.5) is 10.1 Å². The Morgan fingerprint density at radius 2 is 1.75 bits per heavy atom. The molecular formula is C22H16FNO6S2. The molecule has 0 radical (unpaired) electrons. The van der Waals surface area contributed by atoms with Gasteiger partial charge in [0.15, 0.2) is 0 Å². The number of carboxylic acids is 1. The van der Waals surface area contributed by atoms with Gasteiger partial charge in [-0.05, 0) is 35.9 Å². The van der Waals surface area contributed by atoms with E-state index in [2.05, 4.69) is 4.72 Å². The molecule has 0 fully saturated rings. The Morgan fingerprint density at radius 1 is 1.03 bits per heavy atom. The smallest absolute Gasteiger partial charge is 0.335 e. The topological polar surface area (TPSA) is 114 Å². The van der Waals surface area contributed by atoms with Crippen molar-refractivity contribution in [1.29, 1.82) is 0 Å². The highest BCUT2D eigenvalue weighted by Crippen LogP contribution is 2.29. The molecule has 1 heterocycles. The van der Waals surface area contributed by atoms with Gasteiger partial charge < -0.3 is 9.52 Å². The van der Waals surface area contributed by atoms with Crippen molar-refractivity contribution in [3.8, 4) is 0 Å². The predicted molar refractivity (Wildman–Crippen MR) is 117 cm³/mol. The molecule has 0 bridgehead atoms. The standard InChI is InChI=1S/C22H16FNO6S2/c23-16-9-10-20(31(27)13-15-6-1-3-7-17(15)22(25)26)18(12-16)24-32(28,29)21-11-14-5-2-4-8-19(14)30-21/h1-12,24H,13H2,(H,25,26). The van der Waals surface area contributed by atoms with Crippen molar-refractivity contribution in [2.75, 3.05) is 4.72 Å². The maximum absolute atomic E-state index is 13.9. The number of fused-ring (bicyclic) bond motifs is 1. The lowest BCUT2D eigenvalue weighted by Gasteiger charge is -2.12. The number of carboxylic acid groups (broad SMARTS) is 1. The average molecular weight is 474 g/mol. The van der Waals surface area contributed by atoms with Crippen LogP contribution in [0.2, 0.25) is 0 Å². The van der Waals surface area contributed by atoms with Crippen LogP contribution in [0.3, 0.4) is 0 Å². The van der Waals surface area contributed by atoms with Gasteiger partial charge in [0.05, 0.1) is 32.7 Å². The normalized spacial score (nSPS) is 12.5. The highest BCUT2D eigenvalue weighted by atomic mass is 32.2. The molecule has 3 aromatic carbocycles. The fourth-order valence-corrected chi connectivity index (χ4v) is 5.51. The van der Waals surface area contributed by atoms with E-state index in [1.807, 2.05) is 0 Å². The van der Waals surface area contributed by atoms with E-state index in [-0.39, 0.29) is 27.0 Å². The summed E-state index contributed by atoms with van der Waals surface area (Å²) in [7, 11) is -6.13. The van der Waals surface area contributed by atoms with Crippen LogP contribution in [0.5, 0.6) is 0 Å². The van der Waals surface area contributed by atoms with E-state index in [0.29, 0.717) is 16.5 Å². The van der Waals surface area contributed by atoms with E-state index in [4.69, 9.17) is 4.42 Å². The van der Waals surface area contributed by atoms with Crippen LogP contribution in [0.15, 0.2) is 87.2 Å². The molecule has 0 spiro atoms. The molecule has 1 unspecified atom stereocenters. The van der Waals surface area contributed by atoms with Crippen LogP contribution >= 0.6 is 0 Å².